The Bertz CT molecular complexity index is 424. The standard InChI is InChI=1S/C14H23N5/c1-2-11-6-5-9-16-13(11)10-17-14(19-15)18-12-7-3-4-8-12/h5-6,9,12H,2-4,7-8,10,15H2,1H3,(H2,17,18,19). The van der Waals surface area contributed by atoms with Gasteiger partial charge in [-0.2, -0.15) is 0 Å². The maximum atomic E-state index is 5.52. The number of nitrogens with two attached hydrogens (primary N) is 1. The van der Waals surface area contributed by atoms with Gasteiger partial charge in [0.25, 0.3) is 0 Å². The Morgan fingerprint density at radius 3 is 2.95 bits per heavy atom. The average Bonchev–Trinajstić information content (AvgIpc) is 2.96. The van der Waals surface area contributed by atoms with Crippen molar-refractivity contribution >= 4 is 5.96 Å². The molecule has 2 rings (SSSR count). The van der Waals surface area contributed by atoms with Gasteiger partial charge in [-0.05, 0) is 30.9 Å². The van der Waals surface area contributed by atoms with Crippen molar-refractivity contribution < 1.29 is 0 Å². The number of guanidine groups is 1. The molecule has 1 heterocycles. The third-order valence-electron chi connectivity index (χ3n) is 3.59. The molecular weight excluding hydrogens is 238 g/mol. The zero-order chi connectivity index (χ0) is 13.5. The Morgan fingerprint density at radius 1 is 1.47 bits per heavy atom. The van der Waals surface area contributed by atoms with E-state index in [4.69, 9.17) is 5.84 Å². The van der Waals surface area contributed by atoms with Gasteiger partial charge < -0.3 is 5.32 Å². The van der Waals surface area contributed by atoms with Crippen LogP contribution in [0.15, 0.2) is 23.3 Å². The van der Waals surface area contributed by atoms with E-state index < -0.39 is 0 Å². The van der Waals surface area contributed by atoms with E-state index in [1.165, 1.54) is 31.2 Å². The SMILES string of the molecule is CCc1cccnc1CN=C(NN)NC1CCCC1. The van der Waals surface area contributed by atoms with Crippen LogP contribution in [0.5, 0.6) is 0 Å². The number of hydrazine groups is 1. The summed E-state index contributed by atoms with van der Waals surface area (Å²) < 4.78 is 0. The molecule has 0 saturated heterocycles. The van der Waals surface area contributed by atoms with E-state index >= 15 is 0 Å². The molecule has 1 aliphatic carbocycles. The summed E-state index contributed by atoms with van der Waals surface area (Å²) >= 11 is 0. The molecule has 1 aromatic rings. The van der Waals surface area contributed by atoms with Gasteiger partial charge in [0.1, 0.15) is 0 Å². The molecule has 0 bridgehead atoms. The van der Waals surface area contributed by atoms with Crippen LogP contribution in [-0.2, 0) is 13.0 Å². The van der Waals surface area contributed by atoms with Crippen LogP contribution in [0.25, 0.3) is 0 Å². The topological polar surface area (TPSA) is 75.3 Å². The van der Waals surface area contributed by atoms with Crippen LogP contribution >= 0.6 is 0 Å². The number of aliphatic imine (C=N–C) groups is 1. The maximum Gasteiger partial charge on any atom is 0.206 e. The maximum absolute atomic E-state index is 5.52. The average molecular weight is 261 g/mol. The van der Waals surface area contributed by atoms with Crippen LogP contribution < -0.4 is 16.6 Å². The number of hydrogen-bond acceptors (Lipinski definition) is 3. The summed E-state index contributed by atoms with van der Waals surface area (Å²) in [6, 6.07) is 4.56. The highest BCUT2D eigenvalue weighted by molar-refractivity contribution is 5.79. The highest BCUT2D eigenvalue weighted by Gasteiger charge is 2.15. The van der Waals surface area contributed by atoms with Gasteiger partial charge in [-0.15, -0.1) is 0 Å². The van der Waals surface area contributed by atoms with Gasteiger partial charge in [-0.25, -0.2) is 10.8 Å². The van der Waals surface area contributed by atoms with Crippen molar-refractivity contribution in [3.8, 4) is 0 Å². The Morgan fingerprint density at radius 2 is 2.26 bits per heavy atom. The lowest BCUT2D eigenvalue weighted by molar-refractivity contribution is 0.614. The fourth-order valence-corrected chi connectivity index (χ4v) is 2.49. The highest BCUT2D eigenvalue weighted by atomic mass is 15.3. The summed E-state index contributed by atoms with van der Waals surface area (Å²) in [5.74, 6) is 6.19. The van der Waals surface area contributed by atoms with Gasteiger partial charge in [0.05, 0.1) is 12.2 Å². The largest absolute Gasteiger partial charge is 0.353 e. The molecular formula is C14H23N5. The van der Waals surface area contributed by atoms with Crippen molar-refractivity contribution in [1.29, 1.82) is 0 Å². The molecule has 1 saturated carbocycles. The number of nitrogens with zero attached hydrogens (tertiary/aromatic N) is 2. The molecule has 1 fully saturated rings. The second-order valence-corrected chi connectivity index (χ2v) is 4.90. The minimum absolute atomic E-state index is 0.504. The van der Waals surface area contributed by atoms with Crippen molar-refractivity contribution in [2.24, 2.45) is 10.8 Å². The second-order valence-electron chi connectivity index (χ2n) is 4.90. The van der Waals surface area contributed by atoms with E-state index in [-0.39, 0.29) is 0 Å². The van der Waals surface area contributed by atoms with Gasteiger partial charge in [0, 0.05) is 12.2 Å². The molecule has 4 N–H and O–H groups in total. The summed E-state index contributed by atoms with van der Waals surface area (Å²) in [5, 5.41) is 3.36. The van der Waals surface area contributed by atoms with Crippen LogP contribution in [0, 0.1) is 0 Å². The summed E-state index contributed by atoms with van der Waals surface area (Å²) in [4.78, 5) is 8.88. The molecule has 104 valence electrons. The molecule has 0 radical (unpaired) electrons. The molecule has 0 unspecified atom stereocenters. The van der Waals surface area contributed by atoms with Crippen LogP contribution in [-0.4, -0.2) is 17.0 Å². The predicted octanol–water partition coefficient (Wildman–Crippen LogP) is 1.50. The predicted molar refractivity (Wildman–Crippen MR) is 77.5 cm³/mol. The lowest BCUT2D eigenvalue weighted by atomic mass is 10.1. The Labute approximate surface area is 114 Å². The zero-order valence-electron chi connectivity index (χ0n) is 11.5. The third kappa shape index (κ3) is 3.92. The minimum Gasteiger partial charge on any atom is -0.353 e. The summed E-state index contributed by atoms with van der Waals surface area (Å²) in [6.07, 6.45) is 7.75. The van der Waals surface area contributed by atoms with Crippen molar-refractivity contribution in [3.05, 3.63) is 29.6 Å². The first kappa shape index (κ1) is 13.8. The Balaban J connectivity index is 1.97. The molecule has 0 aromatic carbocycles. The first-order valence-corrected chi connectivity index (χ1v) is 7.04. The summed E-state index contributed by atoms with van der Waals surface area (Å²) in [5.41, 5.74) is 4.91. The minimum atomic E-state index is 0.504. The van der Waals surface area contributed by atoms with Gasteiger partial charge in [0.15, 0.2) is 0 Å². The quantitative estimate of drug-likeness (QED) is 0.332. The van der Waals surface area contributed by atoms with Gasteiger partial charge >= 0.3 is 0 Å². The number of nitrogens with one attached hydrogen (secondary N) is 2. The van der Waals surface area contributed by atoms with Crippen molar-refractivity contribution in [1.82, 2.24) is 15.7 Å². The lowest BCUT2D eigenvalue weighted by Crippen LogP contribution is -2.45. The normalized spacial score (nSPS) is 16.6. The van der Waals surface area contributed by atoms with Crippen LogP contribution in [0.3, 0.4) is 0 Å². The number of aryl methyl sites for hydroxylation is 1. The molecule has 0 atom stereocenters. The van der Waals surface area contributed by atoms with E-state index in [9.17, 15) is 0 Å². The Hall–Kier alpha value is -1.62. The highest BCUT2D eigenvalue weighted by Crippen LogP contribution is 2.17. The number of rotatable bonds is 4. The summed E-state index contributed by atoms with van der Waals surface area (Å²) in [6.45, 7) is 2.69. The molecule has 19 heavy (non-hydrogen) atoms. The van der Waals surface area contributed by atoms with Crippen LogP contribution in [0.4, 0.5) is 0 Å². The van der Waals surface area contributed by atoms with Gasteiger partial charge in [-0.1, -0.05) is 25.8 Å². The molecule has 1 aliphatic rings. The van der Waals surface area contributed by atoms with Gasteiger partial charge in [-0.3, -0.25) is 10.4 Å². The summed E-state index contributed by atoms with van der Waals surface area (Å²) in [7, 11) is 0. The first-order chi connectivity index (χ1) is 9.33. The second kappa shape index (κ2) is 7.09. The lowest BCUT2D eigenvalue weighted by Gasteiger charge is -2.15. The molecule has 0 amide bonds. The fraction of sp³-hybridized carbons (Fsp3) is 0.571. The van der Waals surface area contributed by atoms with Crippen molar-refractivity contribution in [3.63, 3.8) is 0 Å². The van der Waals surface area contributed by atoms with Crippen LogP contribution in [0.2, 0.25) is 0 Å². The monoisotopic (exact) mass is 261 g/mol. The van der Waals surface area contributed by atoms with E-state index in [2.05, 4.69) is 33.7 Å². The molecule has 1 aromatic heterocycles. The van der Waals surface area contributed by atoms with Crippen molar-refractivity contribution in [2.45, 2.75) is 51.6 Å². The number of hydrogen-bond donors (Lipinski definition) is 3. The fourth-order valence-electron chi connectivity index (χ4n) is 2.49. The van der Waals surface area contributed by atoms with Crippen LogP contribution in [0.1, 0.15) is 43.9 Å². The molecule has 5 nitrogen and oxygen atoms in total. The third-order valence-corrected chi connectivity index (χ3v) is 3.59. The number of pyridine rings is 1. The van der Waals surface area contributed by atoms with E-state index in [1.54, 1.807) is 0 Å². The first-order valence-electron chi connectivity index (χ1n) is 7.04. The van der Waals surface area contributed by atoms with E-state index in [0.29, 0.717) is 18.5 Å². The Kier molecular flexibility index (Phi) is 5.15. The zero-order valence-corrected chi connectivity index (χ0v) is 11.5. The van der Waals surface area contributed by atoms with E-state index in [0.717, 1.165) is 12.1 Å². The van der Waals surface area contributed by atoms with Crippen molar-refractivity contribution in [2.75, 3.05) is 0 Å². The molecule has 0 aliphatic heterocycles. The smallest absolute Gasteiger partial charge is 0.206 e. The molecule has 5 heteroatoms. The van der Waals surface area contributed by atoms with E-state index in [1.807, 2.05) is 12.3 Å². The molecule has 0 spiro atoms. The van der Waals surface area contributed by atoms with Gasteiger partial charge in [0.2, 0.25) is 5.96 Å². The number of aromatic nitrogens is 1.